The minimum atomic E-state index is -0.0270. The van der Waals surface area contributed by atoms with E-state index in [9.17, 15) is 9.59 Å². The number of hydrogen-bond acceptors (Lipinski definition) is 6. The Balaban J connectivity index is 0.862. The van der Waals surface area contributed by atoms with Gasteiger partial charge in [0.15, 0.2) is 5.82 Å². The van der Waals surface area contributed by atoms with Crippen LogP contribution in [0.2, 0.25) is 0 Å². The molecule has 10 heteroatoms. The van der Waals surface area contributed by atoms with Crippen molar-refractivity contribution < 1.29 is 9.59 Å². The summed E-state index contributed by atoms with van der Waals surface area (Å²) in [7, 11) is 0. The zero-order valence-electron chi connectivity index (χ0n) is 32.6. The summed E-state index contributed by atoms with van der Waals surface area (Å²) in [6.45, 7) is 7.08. The Morgan fingerprint density at radius 1 is 0.661 bits per heavy atom. The summed E-state index contributed by atoms with van der Waals surface area (Å²) in [5.41, 5.74) is 8.68. The van der Waals surface area contributed by atoms with Crippen LogP contribution in [0.4, 0.5) is 0 Å². The molecular formula is C46H54N8O2. The summed E-state index contributed by atoms with van der Waals surface area (Å²) in [6, 6.07) is 32.2. The molecule has 3 aromatic carbocycles. The van der Waals surface area contributed by atoms with Crippen LogP contribution in [0.15, 0.2) is 97.2 Å². The predicted octanol–water partition coefficient (Wildman–Crippen LogP) is 8.23. The van der Waals surface area contributed by atoms with Crippen molar-refractivity contribution in [3.05, 3.63) is 120 Å². The number of carbonyl (C=O) groups is 2. The fourth-order valence-electron chi connectivity index (χ4n) is 8.99. The van der Waals surface area contributed by atoms with E-state index in [1.165, 1.54) is 11.1 Å². The van der Waals surface area contributed by atoms with Gasteiger partial charge in [0.1, 0.15) is 5.69 Å². The molecule has 4 N–H and O–H groups in total. The summed E-state index contributed by atoms with van der Waals surface area (Å²) in [5.74, 6) is 0.429. The summed E-state index contributed by atoms with van der Waals surface area (Å²) < 4.78 is 0. The Morgan fingerprint density at radius 2 is 1.30 bits per heavy atom. The van der Waals surface area contributed by atoms with E-state index in [1.807, 2.05) is 40.1 Å². The lowest BCUT2D eigenvalue weighted by Gasteiger charge is -2.37. The van der Waals surface area contributed by atoms with Gasteiger partial charge < -0.3 is 30.4 Å². The van der Waals surface area contributed by atoms with Gasteiger partial charge >= 0.3 is 0 Å². The third-order valence-electron chi connectivity index (χ3n) is 12.0. The number of aromatic amines is 2. The minimum absolute atomic E-state index is 0.0270. The Morgan fingerprint density at radius 3 is 1.96 bits per heavy atom. The van der Waals surface area contributed by atoms with Crippen molar-refractivity contribution in [2.45, 2.75) is 102 Å². The van der Waals surface area contributed by atoms with Crippen LogP contribution < -0.4 is 10.6 Å². The highest BCUT2D eigenvalue weighted by atomic mass is 16.2. The third kappa shape index (κ3) is 8.41. The lowest BCUT2D eigenvalue weighted by molar-refractivity contribution is 0.0611. The van der Waals surface area contributed by atoms with E-state index >= 15 is 0 Å². The van der Waals surface area contributed by atoms with E-state index < -0.39 is 0 Å². The monoisotopic (exact) mass is 750 g/mol. The molecule has 0 saturated heterocycles. The first-order valence-electron chi connectivity index (χ1n) is 20.6. The van der Waals surface area contributed by atoms with E-state index in [2.05, 4.69) is 100 Å². The van der Waals surface area contributed by atoms with Crippen LogP contribution in [0, 0.1) is 0 Å². The van der Waals surface area contributed by atoms with Crippen LogP contribution in [0.3, 0.4) is 0 Å². The van der Waals surface area contributed by atoms with Crippen molar-refractivity contribution in [2.24, 2.45) is 0 Å². The highest BCUT2D eigenvalue weighted by Gasteiger charge is 2.32. The number of aromatic nitrogens is 4. The van der Waals surface area contributed by atoms with E-state index in [0.717, 1.165) is 97.6 Å². The lowest BCUT2D eigenvalue weighted by Crippen LogP contribution is -2.47. The van der Waals surface area contributed by atoms with Crippen molar-refractivity contribution >= 4 is 33.9 Å². The van der Waals surface area contributed by atoms with E-state index in [4.69, 9.17) is 4.98 Å². The molecule has 8 rings (SSSR count). The molecule has 2 amide bonds. The van der Waals surface area contributed by atoms with Crippen LogP contribution in [-0.2, 0) is 13.1 Å². The zero-order valence-corrected chi connectivity index (χ0v) is 32.6. The fraction of sp³-hybridized carbons (Fsp3) is 0.391. The second kappa shape index (κ2) is 17.2. The number of pyridine rings is 1. The van der Waals surface area contributed by atoms with E-state index in [-0.39, 0.29) is 23.9 Å². The lowest BCUT2D eigenvalue weighted by atomic mass is 9.89. The number of nitrogens with one attached hydrogen (secondary N) is 4. The predicted molar refractivity (Wildman–Crippen MR) is 223 cm³/mol. The number of benzene rings is 3. The normalized spacial score (nSPS) is 20.0. The largest absolute Gasteiger partial charge is 0.349 e. The molecule has 0 bridgehead atoms. The van der Waals surface area contributed by atoms with Crippen molar-refractivity contribution in [2.75, 3.05) is 13.1 Å². The molecule has 2 saturated carbocycles. The molecule has 4 atom stereocenters. The molecule has 3 aromatic heterocycles. The quantitative estimate of drug-likeness (QED) is 0.0944. The van der Waals surface area contributed by atoms with Gasteiger partial charge in [-0.05, 0) is 118 Å². The van der Waals surface area contributed by atoms with Crippen molar-refractivity contribution in [1.82, 2.24) is 40.4 Å². The molecule has 0 spiro atoms. The van der Waals surface area contributed by atoms with Crippen LogP contribution in [0.25, 0.3) is 33.2 Å². The summed E-state index contributed by atoms with van der Waals surface area (Å²) >= 11 is 0. The highest BCUT2D eigenvalue weighted by molar-refractivity contribution is 5.97. The van der Waals surface area contributed by atoms with Crippen molar-refractivity contribution in [3.8, 4) is 11.1 Å². The van der Waals surface area contributed by atoms with Gasteiger partial charge in [-0.15, -0.1) is 0 Å². The van der Waals surface area contributed by atoms with Gasteiger partial charge in [0.05, 0.1) is 22.1 Å². The molecule has 56 heavy (non-hydrogen) atoms. The fourth-order valence-corrected chi connectivity index (χ4v) is 8.99. The first kappa shape index (κ1) is 37.6. The maximum absolute atomic E-state index is 13.9. The average Bonchev–Trinajstić information content (AvgIpc) is 3.88. The molecule has 2 aliphatic rings. The maximum Gasteiger partial charge on any atom is 0.289 e. The minimum Gasteiger partial charge on any atom is -0.349 e. The number of carbonyl (C=O) groups excluding carboxylic acids is 2. The molecule has 2 fully saturated rings. The number of H-pyrrole nitrogens is 2. The molecule has 2 aliphatic carbocycles. The van der Waals surface area contributed by atoms with Gasteiger partial charge in [-0.25, -0.2) is 4.98 Å². The standard InChI is InChI=1S/C46H54N8O2/c1-3-53(45(55)43-28-41-39(50-43)17-10-24-47-41)37-15-8-13-35(26-37)49-30-32-18-20-33(21-19-32)34-22-23-40-42(25-34)52-44(51-40)46(56)54(4-2)38-16-9-14-36(27-38)48-29-31-11-6-5-7-12-31/h5-7,10-12,17-25,28,35-38,48-50H,3-4,8-9,13-16,26-27,29-30H2,1-2H3,(H,51,52)/t35-,36-,37+,38+/m1/s1. The Bertz CT molecular complexity index is 2210. The van der Waals surface area contributed by atoms with Gasteiger partial charge in [-0.2, -0.15) is 0 Å². The molecule has 0 radical (unpaired) electrons. The summed E-state index contributed by atoms with van der Waals surface area (Å²) in [5, 5.41) is 7.52. The smallest absolute Gasteiger partial charge is 0.289 e. The second-order valence-corrected chi connectivity index (χ2v) is 15.6. The molecule has 10 nitrogen and oxygen atoms in total. The Hall–Kier alpha value is -5.32. The molecule has 6 aromatic rings. The van der Waals surface area contributed by atoms with Crippen LogP contribution in [-0.4, -0.2) is 78.8 Å². The molecule has 3 heterocycles. The molecule has 0 unspecified atom stereocenters. The SMILES string of the molecule is CCN(C(=O)c1cc2ncccc2[nH]1)[C@H]1CCC[C@@H](NCc2ccc(-c3ccc4nc(C(=O)N(CC)[C@H]5CCC[C@@H](NCc6ccccc6)C5)[nH]c4c3)cc2)C1. The van der Waals surface area contributed by atoms with Gasteiger partial charge in [0.2, 0.25) is 0 Å². The maximum atomic E-state index is 13.9. The van der Waals surface area contributed by atoms with Gasteiger partial charge in [0.25, 0.3) is 11.8 Å². The van der Waals surface area contributed by atoms with Crippen molar-refractivity contribution in [1.29, 1.82) is 0 Å². The number of nitrogens with zero attached hydrogens (tertiary/aromatic N) is 4. The van der Waals surface area contributed by atoms with Crippen LogP contribution in [0.1, 0.15) is 97.4 Å². The zero-order chi connectivity index (χ0) is 38.4. The Labute approximate surface area is 329 Å². The summed E-state index contributed by atoms with van der Waals surface area (Å²) in [6.07, 6.45) is 10.1. The van der Waals surface area contributed by atoms with E-state index in [1.54, 1.807) is 6.20 Å². The first-order chi connectivity index (χ1) is 27.4. The average molecular weight is 751 g/mol. The number of amides is 2. The van der Waals surface area contributed by atoms with E-state index in [0.29, 0.717) is 36.7 Å². The Kier molecular flexibility index (Phi) is 11.6. The van der Waals surface area contributed by atoms with Crippen LogP contribution >= 0.6 is 0 Å². The number of fused-ring (bicyclic) bond motifs is 2. The second-order valence-electron chi connectivity index (χ2n) is 15.6. The topological polar surface area (TPSA) is 122 Å². The molecule has 290 valence electrons. The summed E-state index contributed by atoms with van der Waals surface area (Å²) in [4.78, 5) is 47.3. The first-order valence-corrected chi connectivity index (χ1v) is 20.6. The molecule has 0 aliphatic heterocycles. The van der Waals surface area contributed by atoms with Gasteiger partial charge in [-0.1, -0.05) is 60.7 Å². The highest BCUT2D eigenvalue weighted by Crippen LogP contribution is 2.29. The third-order valence-corrected chi connectivity index (χ3v) is 12.0. The molecular weight excluding hydrogens is 697 g/mol. The van der Waals surface area contributed by atoms with Crippen molar-refractivity contribution in [3.63, 3.8) is 0 Å². The van der Waals surface area contributed by atoms with Crippen LogP contribution in [0.5, 0.6) is 0 Å². The number of hydrogen-bond donors (Lipinski definition) is 4. The number of rotatable bonds is 13. The van der Waals surface area contributed by atoms with Gasteiger partial charge in [0, 0.05) is 56.5 Å². The van der Waals surface area contributed by atoms with Gasteiger partial charge in [-0.3, -0.25) is 14.6 Å². The number of imidazole rings is 1.